The van der Waals surface area contributed by atoms with E-state index in [1.54, 1.807) is 6.20 Å². The van der Waals surface area contributed by atoms with Crippen LogP contribution in [0.5, 0.6) is 0 Å². The van der Waals surface area contributed by atoms with Gasteiger partial charge in [-0.05, 0) is 55.7 Å². The lowest BCUT2D eigenvalue weighted by molar-refractivity contribution is -0.939. The van der Waals surface area contributed by atoms with E-state index in [0.29, 0.717) is 16.9 Å². The fourth-order valence-corrected chi connectivity index (χ4v) is 8.54. The van der Waals surface area contributed by atoms with Gasteiger partial charge in [0.05, 0.1) is 28.4 Å². The van der Waals surface area contributed by atoms with Gasteiger partial charge in [-0.2, -0.15) is 0 Å². The zero-order valence-electron chi connectivity index (χ0n) is 26.5. The summed E-state index contributed by atoms with van der Waals surface area (Å²) >= 11 is 10.9. The van der Waals surface area contributed by atoms with Crippen LogP contribution < -0.4 is 5.32 Å². The molecule has 3 saturated heterocycles. The van der Waals surface area contributed by atoms with Gasteiger partial charge in [0.15, 0.2) is 12.6 Å². The number of aromatic nitrogens is 1. The Hall–Kier alpha value is -3.02. The number of esters is 1. The van der Waals surface area contributed by atoms with E-state index in [0.717, 1.165) is 81.2 Å². The van der Waals surface area contributed by atoms with E-state index in [1.165, 1.54) is 25.0 Å². The van der Waals surface area contributed by atoms with Gasteiger partial charge in [0, 0.05) is 41.4 Å². The molecule has 1 N–H and O–H groups in total. The third kappa shape index (κ3) is 8.72. The van der Waals surface area contributed by atoms with E-state index < -0.39 is 20.4 Å². The smallest absolute Gasteiger partial charge is 0.317 e. The van der Waals surface area contributed by atoms with Crippen molar-refractivity contribution in [2.75, 3.05) is 31.5 Å². The van der Waals surface area contributed by atoms with Crippen LogP contribution in [0.25, 0.3) is 0 Å². The number of amides is 1. The van der Waals surface area contributed by atoms with E-state index in [4.69, 9.17) is 27.9 Å². The number of carbonyl (C=O) groups excluding carboxylic acids is 2. The second-order valence-electron chi connectivity index (χ2n) is 13.0. The minimum Gasteiger partial charge on any atom is -0.744 e. The molecule has 1 saturated carbocycles. The van der Waals surface area contributed by atoms with Gasteiger partial charge < -0.3 is 19.1 Å². The van der Waals surface area contributed by atoms with Crippen molar-refractivity contribution in [3.05, 3.63) is 88.2 Å². The molecule has 0 radical (unpaired) electrons. The topological polar surface area (TPSA) is 125 Å². The number of benzene rings is 2. The summed E-state index contributed by atoms with van der Waals surface area (Å²) in [5.74, 6) is 0.383. The molecule has 1 aliphatic carbocycles. The van der Waals surface area contributed by atoms with Crippen LogP contribution in [-0.4, -0.2) is 66.6 Å². The Labute approximate surface area is 287 Å². The number of aryl methyl sites for hydroxylation is 1. The molecule has 252 valence electrons. The van der Waals surface area contributed by atoms with Crippen LogP contribution in [0, 0.1) is 12.8 Å². The Kier molecular flexibility index (Phi) is 11.3. The fourth-order valence-electron chi connectivity index (χ4n) is 7.32. The maximum Gasteiger partial charge on any atom is 0.317 e. The predicted octanol–water partition coefficient (Wildman–Crippen LogP) is 6.67. The number of rotatable bonds is 7. The molecule has 2 aromatic carbocycles. The number of pyridine rings is 1. The molecule has 4 aliphatic rings. The summed E-state index contributed by atoms with van der Waals surface area (Å²) in [6.07, 6.45) is 9.84. The van der Waals surface area contributed by atoms with Crippen molar-refractivity contribution >= 4 is 50.9 Å². The van der Waals surface area contributed by atoms with Gasteiger partial charge in [-0.1, -0.05) is 79.2 Å². The summed E-state index contributed by atoms with van der Waals surface area (Å²) in [5, 5.41) is 3.09. The third-order valence-corrected chi connectivity index (χ3v) is 11.3. The van der Waals surface area contributed by atoms with E-state index in [1.807, 2.05) is 37.3 Å². The lowest BCUT2D eigenvalue weighted by Crippen LogP contribution is -2.66. The van der Waals surface area contributed by atoms with Crippen LogP contribution >= 0.6 is 23.2 Å². The van der Waals surface area contributed by atoms with E-state index >= 15 is 0 Å². The molecule has 1 aromatic heterocycles. The molecule has 4 fully saturated rings. The highest BCUT2D eigenvalue weighted by atomic mass is 35.5. The molecule has 0 unspecified atom stereocenters. The van der Waals surface area contributed by atoms with Crippen molar-refractivity contribution in [3.63, 3.8) is 0 Å². The van der Waals surface area contributed by atoms with Gasteiger partial charge in [0.2, 0.25) is 0 Å². The number of fused-ring (bicyclic) bond motifs is 3. The largest absolute Gasteiger partial charge is 0.744 e. The van der Waals surface area contributed by atoms with Crippen molar-refractivity contribution in [2.24, 2.45) is 5.92 Å². The second kappa shape index (κ2) is 15.0. The minimum absolute atomic E-state index is 0.0190. The number of hydrogen-bond donors (Lipinski definition) is 1. The molecule has 3 aliphatic heterocycles. The van der Waals surface area contributed by atoms with Crippen LogP contribution in [-0.2, 0) is 29.9 Å². The lowest BCUT2D eigenvalue weighted by Gasteiger charge is -2.52. The van der Waals surface area contributed by atoms with Crippen LogP contribution in [0.4, 0.5) is 5.69 Å². The number of piperidine rings is 3. The Morgan fingerprint density at radius 1 is 1.00 bits per heavy atom. The minimum atomic E-state index is -4.52. The first-order valence-electron chi connectivity index (χ1n) is 16.1. The number of hydrogen-bond acceptors (Lipinski definition) is 7. The highest BCUT2D eigenvalue weighted by Gasteiger charge is 2.51. The Balaban J connectivity index is 0.000000305. The number of quaternary nitrogens is 1. The highest BCUT2D eigenvalue weighted by molar-refractivity contribution is 7.85. The monoisotopic (exact) mass is 701 g/mol. The normalized spacial score (nSPS) is 23.5. The van der Waals surface area contributed by atoms with E-state index in [-0.39, 0.29) is 28.0 Å². The van der Waals surface area contributed by atoms with Crippen molar-refractivity contribution < 1.29 is 31.8 Å². The molecule has 12 heteroatoms. The van der Waals surface area contributed by atoms with Gasteiger partial charge in [0.1, 0.15) is 16.7 Å². The number of ether oxygens (including phenoxy) is 1. The molecule has 3 aromatic rings. The second-order valence-corrected chi connectivity index (χ2v) is 15.2. The van der Waals surface area contributed by atoms with E-state index in [2.05, 4.69) is 22.4 Å². The SMILES string of the molecule is Cc1cc(NC(=O)C[N+]23CCC(CC2)[C@@H](OC(=O)C2(c4ccccc4)CCCCCC2)C3)ccn1.O=S(=O)([O-])c1cc(Cl)ccc1Cl. The van der Waals surface area contributed by atoms with Gasteiger partial charge in [-0.3, -0.25) is 14.6 Å². The third-order valence-electron chi connectivity index (χ3n) is 9.80. The Morgan fingerprint density at radius 3 is 2.30 bits per heavy atom. The zero-order chi connectivity index (χ0) is 33.7. The van der Waals surface area contributed by atoms with Gasteiger partial charge >= 0.3 is 5.97 Å². The molecule has 1 atom stereocenters. The van der Waals surface area contributed by atoms with Crippen LogP contribution in [0.3, 0.4) is 0 Å². The predicted molar refractivity (Wildman–Crippen MR) is 180 cm³/mol. The van der Waals surface area contributed by atoms with Gasteiger partial charge in [0.25, 0.3) is 5.91 Å². The molecule has 2 bridgehead atoms. The molecule has 47 heavy (non-hydrogen) atoms. The average molecular weight is 703 g/mol. The molecular formula is C35H41Cl2N3O6S. The molecule has 4 heterocycles. The van der Waals surface area contributed by atoms with Crippen molar-refractivity contribution in [1.82, 2.24) is 4.98 Å². The summed E-state index contributed by atoms with van der Waals surface area (Å²) in [6.45, 7) is 5.04. The maximum atomic E-state index is 13.9. The lowest BCUT2D eigenvalue weighted by atomic mass is 9.74. The fraction of sp³-hybridized carbons (Fsp3) is 0.457. The summed E-state index contributed by atoms with van der Waals surface area (Å²) in [6, 6.07) is 17.7. The summed E-state index contributed by atoms with van der Waals surface area (Å²) in [4.78, 5) is 30.6. The van der Waals surface area contributed by atoms with Crippen molar-refractivity contribution in [2.45, 2.75) is 74.7 Å². The average Bonchev–Trinajstić information content (AvgIpc) is 3.30. The molecular weight excluding hydrogens is 661 g/mol. The summed E-state index contributed by atoms with van der Waals surface area (Å²) in [5.41, 5.74) is 2.23. The maximum absolute atomic E-state index is 13.9. The molecule has 1 amide bonds. The number of anilines is 1. The number of carbonyl (C=O) groups is 2. The zero-order valence-corrected chi connectivity index (χ0v) is 28.8. The van der Waals surface area contributed by atoms with Crippen LogP contribution in [0.15, 0.2) is 71.8 Å². The van der Waals surface area contributed by atoms with E-state index in [9.17, 15) is 22.6 Å². The quantitative estimate of drug-likeness (QED) is 0.126. The summed E-state index contributed by atoms with van der Waals surface area (Å²) < 4.78 is 38.7. The van der Waals surface area contributed by atoms with Gasteiger partial charge in [-0.15, -0.1) is 0 Å². The van der Waals surface area contributed by atoms with Gasteiger partial charge in [-0.25, -0.2) is 8.42 Å². The molecule has 9 nitrogen and oxygen atoms in total. The first-order chi connectivity index (χ1) is 22.4. The number of nitrogens with zero attached hydrogens (tertiary/aromatic N) is 2. The molecule has 7 rings (SSSR count). The van der Waals surface area contributed by atoms with Crippen molar-refractivity contribution in [1.29, 1.82) is 0 Å². The van der Waals surface area contributed by atoms with Crippen LogP contribution in [0.2, 0.25) is 10.0 Å². The first kappa shape index (κ1) is 35.3. The number of nitrogens with one attached hydrogen (secondary N) is 1. The summed E-state index contributed by atoms with van der Waals surface area (Å²) in [7, 11) is -4.52. The first-order valence-corrected chi connectivity index (χ1v) is 18.3. The standard InChI is InChI=1S/C29H37N3O3.C6H4Cl2O3S/c1-22-19-25(11-16-30-22)31-27(33)21-32-17-12-23(13-18-32)26(20-32)35-28(34)29(14-7-2-3-8-15-29)24-9-5-4-6-10-24;7-4-1-2-5(8)6(3-4)12(9,10)11/h4-6,9-11,16,19,23,26H,2-3,7-8,12-15,17-18,20-21H2,1H3;1-3H,(H,9,10,11)/t23?,26-,32?;/m0./s1. The highest BCUT2D eigenvalue weighted by Crippen LogP contribution is 2.42. The molecule has 0 spiro atoms. The van der Waals surface area contributed by atoms with Crippen LogP contribution in [0.1, 0.15) is 62.6 Å². The van der Waals surface area contributed by atoms with Crippen molar-refractivity contribution in [3.8, 4) is 0 Å². The number of halogens is 2. The Morgan fingerprint density at radius 2 is 1.68 bits per heavy atom. The Bertz CT molecular complexity index is 1670.